The highest BCUT2D eigenvalue weighted by atomic mass is 35.5. The van der Waals surface area contributed by atoms with Gasteiger partial charge in [0.15, 0.2) is 11.6 Å². The van der Waals surface area contributed by atoms with Crippen LogP contribution in [-0.2, 0) is 4.79 Å². The fraction of sp³-hybridized carbons (Fsp3) is 0.500. The lowest BCUT2D eigenvalue weighted by atomic mass is 9.94. The topological polar surface area (TPSA) is 54.9 Å². The van der Waals surface area contributed by atoms with Crippen molar-refractivity contribution in [3.8, 4) is 0 Å². The number of rotatable bonds is 2. The van der Waals surface area contributed by atoms with Crippen LogP contribution in [0, 0.1) is 5.82 Å². The van der Waals surface area contributed by atoms with E-state index in [1.165, 1.54) is 0 Å². The Labute approximate surface area is 97.2 Å². The van der Waals surface area contributed by atoms with Gasteiger partial charge in [-0.15, -0.1) is 0 Å². The first-order valence-electron chi connectivity index (χ1n) is 5.11. The van der Waals surface area contributed by atoms with Crippen LogP contribution in [0.15, 0.2) is 6.20 Å². The maximum absolute atomic E-state index is 13.3. The Morgan fingerprint density at radius 3 is 3.12 bits per heavy atom. The summed E-state index contributed by atoms with van der Waals surface area (Å²) in [7, 11) is 0. The van der Waals surface area contributed by atoms with E-state index in [1.54, 1.807) is 0 Å². The smallest absolute Gasteiger partial charge is 0.224 e. The molecule has 1 atom stereocenters. The highest BCUT2D eigenvalue weighted by molar-refractivity contribution is 6.28. The molecular formula is C10H11ClFN3O. The van der Waals surface area contributed by atoms with Crippen molar-refractivity contribution in [3.05, 3.63) is 17.3 Å². The summed E-state index contributed by atoms with van der Waals surface area (Å²) in [6.45, 7) is 0. The summed E-state index contributed by atoms with van der Waals surface area (Å²) >= 11 is 5.57. The van der Waals surface area contributed by atoms with Crippen molar-refractivity contribution in [2.75, 3.05) is 5.32 Å². The number of hydrogen-bond donors (Lipinski definition) is 1. The molecule has 1 fully saturated rings. The van der Waals surface area contributed by atoms with Crippen LogP contribution in [0.25, 0.3) is 0 Å². The predicted molar refractivity (Wildman–Crippen MR) is 57.9 cm³/mol. The molecule has 1 aromatic heterocycles. The minimum atomic E-state index is -0.553. The standard InChI is InChI=1S/C10H11ClFN3O/c11-10-13-5-8(12)9(15-10)14-6-2-1-3-7(16)4-6/h5-6H,1-4H2,(H,13,14,15). The minimum Gasteiger partial charge on any atom is -0.364 e. The van der Waals surface area contributed by atoms with Gasteiger partial charge in [0, 0.05) is 18.9 Å². The summed E-state index contributed by atoms with van der Waals surface area (Å²) in [5.41, 5.74) is 0. The first kappa shape index (κ1) is 11.3. The number of carbonyl (C=O) groups is 1. The summed E-state index contributed by atoms with van der Waals surface area (Å²) in [5, 5.41) is 2.88. The first-order valence-corrected chi connectivity index (χ1v) is 5.49. The lowest BCUT2D eigenvalue weighted by molar-refractivity contribution is -0.120. The highest BCUT2D eigenvalue weighted by Crippen LogP contribution is 2.20. The lowest BCUT2D eigenvalue weighted by Crippen LogP contribution is -2.28. The van der Waals surface area contributed by atoms with Crippen molar-refractivity contribution >= 4 is 23.2 Å². The number of anilines is 1. The van der Waals surface area contributed by atoms with Crippen molar-refractivity contribution in [1.29, 1.82) is 0 Å². The molecule has 2 rings (SSSR count). The summed E-state index contributed by atoms with van der Waals surface area (Å²) in [4.78, 5) is 18.5. The summed E-state index contributed by atoms with van der Waals surface area (Å²) < 4.78 is 13.3. The van der Waals surface area contributed by atoms with Crippen LogP contribution < -0.4 is 5.32 Å². The van der Waals surface area contributed by atoms with Gasteiger partial charge in [-0.2, -0.15) is 4.98 Å². The van der Waals surface area contributed by atoms with E-state index in [9.17, 15) is 9.18 Å². The fourth-order valence-electron chi connectivity index (χ4n) is 1.79. The van der Waals surface area contributed by atoms with Crippen molar-refractivity contribution in [2.45, 2.75) is 31.7 Å². The van der Waals surface area contributed by atoms with E-state index in [4.69, 9.17) is 11.6 Å². The molecule has 0 aliphatic heterocycles. The van der Waals surface area contributed by atoms with Gasteiger partial charge in [0.25, 0.3) is 0 Å². The molecule has 1 aromatic rings. The zero-order valence-corrected chi connectivity index (χ0v) is 9.30. The SMILES string of the molecule is O=C1CCCC(Nc2nc(Cl)ncc2F)C1. The van der Waals surface area contributed by atoms with Crippen molar-refractivity contribution in [2.24, 2.45) is 0 Å². The Morgan fingerprint density at radius 1 is 1.56 bits per heavy atom. The van der Waals surface area contributed by atoms with Crippen molar-refractivity contribution in [1.82, 2.24) is 9.97 Å². The van der Waals surface area contributed by atoms with Crippen molar-refractivity contribution in [3.63, 3.8) is 0 Å². The number of ketones is 1. The molecule has 0 radical (unpaired) electrons. The molecule has 0 amide bonds. The summed E-state index contributed by atoms with van der Waals surface area (Å²) in [6, 6.07) is -0.0540. The molecule has 16 heavy (non-hydrogen) atoms. The molecule has 6 heteroatoms. The third-order valence-electron chi connectivity index (χ3n) is 2.54. The van der Waals surface area contributed by atoms with Crippen LogP contribution in [0.5, 0.6) is 0 Å². The van der Waals surface area contributed by atoms with Gasteiger partial charge in [0.2, 0.25) is 5.28 Å². The Kier molecular flexibility index (Phi) is 3.33. The number of hydrogen-bond acceptors (Lipinski definition) is 4. The van der Waals surface area contributed by atoms with Gasteiger partial charge in [-0.3, -0.25) is 4.79 Å². The number of Topliss-reactive ketones (excluding diaryl/α,β-unsaturated/α-hetero) is 1. The minimum absolute atomic E-state index is 0.00830. The molecule has 4 nitrogen and oxygen atoms in total. The number of aromatic nitrogens is 2. The first-order chi connectivity index (χ1) is 7.65. The van der Waals surface area contributed by atoms with Crippen LogP contribution >= 0.6 is 11.6 Å². The molecule has 1 N–H and O–H groups in total. The Hall–Kier alpha value is -1.23. The van der Waals surface area contributed by atoms with Gasteiger partial charge in [0.1, 0.15) is 5.78 Å². The molecule has 1 aliphatic rings. The van der Waals surface area contributed by atoms with E-state index in [0.717, 1.165) is 19.0 Å². The normalized spacial score (nSPS) is 20.9. The molecule has 0 saturated heterocycles. The quantitative estimate of drug-likeness (QED) is 0.809. The maximum atomic E-state index is 13.3. The van der Waals surface area contributed by atoms with Gasteiger partial charge < -0.3 is 5.32 Å². The second-order valence-corrected chi connectivity index (χ2v) is 4.15. The van der Waals surface area contributed by atoms with Crippen molar-refractivity contribution < 1.29 is 9.18 Å². The second kappa shape index (κ2) is 4.74. The van der Waals surface area contributed by atoms with Crippen LogP contribution in [0.1, 0.15) is 25.7 Å². The van der Waals surface area contributed by atoms with Gasteiger partial charge >= 0.3 is 0 Å². The highest BCUT2D eigenvalue weighted by Gasteiger charge is 2.20. The molecule has 0 spiro atoms. The van der Waals surface area contributed by atoms with E-state index in [-0.39, 0.29) is 22.9 Å². The van der Waals surface area contributed by atoms with Gasteiger partial charge in [-0.1, -0.05) is 0 Å². The summed E-state index contributed by atoms with van der Waals surface area (Å²) in [5.74, 6) is -0.286. The molecule has 1 saturated carbocycles. The molecule has 1 aliphatic carbocycles. The maximum Gasteiger partial charge on any atom is 0.224 e. The number of halogens is 2. The Bertz CT molecular complexity index is 413. The molecular weight excluding hydrogens is 233 g/mol. The van der Waals surface area contributed by atoms with Gasteiger partial charge in [-0.25, -0.2) is 9.37 Å². The number of nitrogens with zero attached hydrogens (tertiary/aromatic N) is 2. The zero-order chi connectivity index (χ0) is 11.5. The molecule has 1 heterocycles. The van der Waals surface area contributed by atoms with E-state index in [0.29, 0.717) is 12.8 Å². The second-order valence-electron chi connectivity index (χ2n) is 3.81. The molecule has 0 aromatic carbocycles. The third kappa shape index (κ3) is 2.66. The Balaban J connectivity index is 2.08. The lowest BCUT2D eigenvalue weighted by Gasteiger charge is -2.22. The number of carbonyl (C=O) groups excluding carboxylic acids is 1. The molecule has 86 valence electrons. The Morgan fingerprint density at radius 2 is 2.38 bits per heavy atom. The van der Waals surface area contributed by atoms with Crippen LogP contribution in [0.3, 0.4) is 0 Å². The third-order valence-corrected chi connectivity index (χ3v) is 2.72. The van der Waals surface area contributed by atoms with E-state index >= 15 is 0 Å². The van der Waals surface area contributed by atoms with E-state index in [1.807, 2.05) is 0 Å². The fourth-order valence-corrected chi connectivity index (χ4v) is 1.92. The van der Waals surface area contributed by atoms with E-state index < -0.39 is 5.82 Å². The zero-order valence-electron chi connectivity index (χ0n) is 8.54. The summed E-state index contributed by atoms with van der Waals surface area (Å²) in [6.07, 6.45) is 3.72. The average Bonchev–Trinajstić information content (AvgIpc) is 2.24. The van der Waals surface area contributed by atoms with E-state index in [2.05, 4.69) is 15.3 Å². The van der Waals surface area contributed by atoms with Gasteiger partial charge in [0.05, 0.1) is 6.20 Å². The molecule has 1 unspecified atom stereocenters. The number of nitrogens with one attached hydrogen (secondary N) is 1. The predicted octanol–water partition coefficient (Wildman–Crippen LogP) is 2.19. The largest absolute Gasteiger partial charge is 0.364 e. The molecule has 0 bridgehead atoms. The van der Waals surface area contributed by atoms with Crippen LogP contribution in [-0.4, -0.2) is 21.8 Å². The van der Waals surface area contributed by atoms with Gasteiger partial charge in [-0.05, 0) is 24.4 Å². The monoisotopic (exact) mass is 243 g/mol. The van der Waals surface area contributed by atoms with Crippen LogP contribution in [0.2, 0.25) is 5.28 Å². The average molecular weight is 244 g/mol. The van der Waals surface area contributed by atoms with Crippen LogP contribution in [0.4, 0.5) is 10.2 Å².